The molecule has 0 atom stereocenters. The van der Waals surface area contributed by atoms with Gasteiger partial charge in [0.05, 0.1) is 31.1 Å². The number of carbonyl (C=O) groups excluding carboxylic acids is 1. The third-order valence-electron chi connectivity index (χ3n) is 4.75. The summed E-state index contributed by atoms with van der Waals surface area (Å²) in [6.07, 6.45) is 0. The number of hydrogen-bond donors (Lipinski definition) is 1. The van der Waals surface area contributed by atoms with Gasteiger partial charge in [-0.25, -0.2) is 9.36 Å². The van der Waals surface area contributed by atoms with Crippen LogP contribution in [0.3, 0.4) is 0 Å². The summed E-state index contributed by atoms with van der Waals surface area (Å²) in [5.74, 6) is 0.593. The van der Waals surface area contributed by atoms with Gasteiger partial charge in [0.15, 0.2) is 0 Å². The molecule has 31 heavy (non-hydrogen) atoms. The molecule has 4 rings (SSSR count). The SMILES string of the molecule is COc1cccc(-n2c(=O)c3sccc3n(CC(=O)Nc3ccccc3OC)c2=O)c1. The molecule has 0 bridgehead atoms. The first-order chi connectivity index (χ1) is 15.0. The number of nitrogens with one attached hydrogen (secondary N) is 1. The number of carbonyl (C=O) groups is 1. The number of para-hydroxylation sites is 2. The summed E-state index contributed by atoms with van der Waals surface area (Å²) >= 11 is 1.22. The molecule has 2 aromatic carbocycles. The number of ether oxygens (including phenoxy) is 2. The van der Waals surface area contributed by atoms with E-state index in [-0.39, 0.29) is 6.54 Å². The topological polar surface area (TPSA) is 91.6 Å². The summed E-state index contributed by atoms with van der Waals surface area (Å²) in [6.45, 7) is -0.269. The molecule has 0 fully saturated rings. The Morgan fingerprint density at radius 1 is 1.03 bits per heavy atom. The van der Waals surface area contributed by atoms with E-state index in [1.807, 2.05) is 0 Å². The predicted octanol–water partition coefficient (Wildman–Crippen LogP) is 2.87. The Hall–Kier alpha value is -3.85. The number of benzene rings is 2. The van der Waals surface area contributed by atoms with Crippen molar-refractivity contribution < 1.29 is 14.3 Å². The molecule has 0 radical (unpaired) electrons. The van der Waals surface area contributed by atoms with Crippen LogP contribution < -0.4 is 26.0 Å². The van der Waals surface area contributed by atoms with Crippen LogP contribution in [-0.2, 0) is 11.3 Å². The lowest BCUT2D eigenvalue weighted by atomic mass is 10.3. The molecule has 1 N–H and O–H groups in total. The van der Waals surface area contributed by atoms with Gasteiger partial charge in [0, 0.05) is 6.07 Å². The lowest BCUT2D eigenvalue weighted by Crippen LogP contribution is -2.40. The summed E-state index contributed by atoms with van der Waals surface area (Å²) in [4.78, 5) is 39.1. The molecular formula is C22H19N3O5S. The summed E-state index contributed by atoms with van der Waals surface area (Å²) in [7, 11) is 3.01. The van der Waals surface area contributed by atoms with Crippen molar-refractivity contribution in [3.8, 4) is 17.2 Å². The van der Waals surface area contributed by atoms with E-state index < -0.39 is 17.2 Å². The van der Waals surface area contributed by atoms with Crippen LogP contribution in [0.2, 0.25) is 0 Å². The molecule has 0 aliphatic heterocycles. The number of thiophene rings is 1. The van der Waals surface area contributed by atoms with Gasteiger partial charge in [0.1, 0.15) is 22.7 Å². The average molecular weight is 437 g/mol. The number of hydrogen-bond acceptors (Lipinski definition) is 6. The van der Waals surface area contributed by atoms with E-state index in [9.17, 15) is 14.4 Å². The highest BCUT2D eigenvalue weighted by atomic mass is 32.1. The van der Waals surface area contributed by atoms with Crippen LogP contribution in [0.1, 0.15) is 0 Å². The van der Waals surface area contributed by atoms with Crippen LogP contribution in [0.4, 0.5) is 5.69 Å². The lowest BCUT2D eigenvalue weighted by Gasteiger charge is -2.14. The van der Waals surface area contributed by atoms with Gasteiger partial charge in [0.25, 0.3) is 5.56 Å². The maximum absolute atomic E-state index is 13.3. The quantitative estimate of drug-likeness (QED) is 0.501. The van der Waals surface area contributed by atoms with Crippen molar-refractivity contribution in [3.05, 3.63) is 80.8 Å². The van der Waals surface area contributed by atoms with Gasteiger partial charge in [0.2, 0.25) is 5.91 Å². The van der Waals surface area contributed by atoms with Gasteiger partial charge in [-0.2, -0.15) is 0 Å². The molecule has 9 heteroatoms. The summed E-state index contributed by atoms with van der Waals surface area (Å²) < 4.78 is 13.2. The fraction of sp³-hybridized carbons (Fsp3) is 0.136. The standard InChI is InChI=1S/C22H19N3O5S/c1-29-15-7-5-6-14(12-15)25-21(27)20-17(10-11-31-20)24(22(25)28)13-19(26)23-16-8-3-4-9-18(16)30-2/h3-12H,13H2,1-2H3,(H,23,26). The summed E-state index contributed by atoms with van der Waals surface area (Å²) in [6, 6.07) is 15.3. The predicted molar refractivity (Wildman–Crippen MR) is 120 cm³/mol. The summed E-state index contributed by atoms with van der Waals surface area (Å²) in [5, 5.41) is 4.48. The van der Waals surface area contributed by atoms with Crippen molar-refractivity contribution in [2.75, 3.05) is 19.5 Å². The van der Waals surface area contributed by atoms with Crippen LogP contribution in [-0.4, -0.2) is 29.3 Å². The first-order valence-corrected chi connectivity index (χ1v) is 10.2. The molecular weight excluding hydrogens is 418 g/mol. The minimum absolute atomic E-state index is 0.269. The highest BCUT2D eigenvalue weighted by molar-refractivity contribution is 7.17. The minimum atomic E-state index is -0.612. The largest absolute Gasteiger partial charge is 0.497 e. The van der Waals surface area contributed by atoms with Crippen molar-refractivity contribution in [1.82, 2.24) is 9.13 Å². The Morgan fingerprint density at radius 3 is 2.61 bits per heavy atom. The average Bonchev–Trinajstić information content (AvgIpc) is 3.27. The van der Waals surface area contributed by atoms with Crippen LogP contribution in [0.15, 0.2) is 69.6 Å². The second-order valence-corrected chi connectivity index (χ2v) is 7.51. The zero-order valence-electron chi connectivity index (χ0n) is 16.8. The van der Waals surface area contributed by atoms with Gasteiger partial charge in [-0.3, -0.25) is 14.2 Å². The molecule has 0 unspecified atom stereocenters. The molecule has 0 aliphatic rings. The third kappa shape index (κ3) is 3.82. The summed E-state index contributed by atoms with van der Waals surface area (Å²) in [5.41, 5.74) is 0.215. The molecule has 1 amide bonds. The van der Waals surface area contributed by atoms with E-state index in [4.69, 9.17) is 9.47 Å². The van der Waals surface area contributed by atoms with Crippen LogP contribution in [0, 0.1) is 0 Å². The molecule has 2 heterocycles. The minimum Gasteiger partial charge on any atom is -0.497 e. The first-order valence-electron chi connectivity index (χ1n) is 9.34. The van der Waals surface area contributed by atoms with Crippen molar-refractivity contribution in [2.45, 2.75) is 6.54 Å². The van der Waals surface area contributed by atoms with Crippen LogP contribution >= 0.6 is 11.3 Å². The molecule has 0 spiro atoms. The second-order valence-electron chi connectivity index (χ2n) is 6.59. The fourth-order valence-electron chi connectivity index (χ4n) is 3.30. The molecule has 158 valence electrons. The van der Waals surface area contributed by atoms with E-state index in [0.717, 1.165) is 4.57 Å². The Kier molecular flexibility index (Phi) is 5.59. The van der Waals surface area contributed by atoms with Crippen LogP contribution in [0.5, 0.6) is 11.5 Å². The fourth-order valence-corrected chi connectivity index (χ4v) is 4.12. The smallest absolute Gasteiger partial charge is 0.336 e. The third-order valence-corrected chi connectivity index (χ3v) is 5.64. The second kappa shape index (κ2) is 8.49. The Bertz CT molecular complexity index is 1390. The van der Waals surface area contributed by atoms with Crippen LogP contribution in [0.25, 0.3) is 15.9 Å². The van der Waals surface area contributed by atoms with Crippen molar-refractivity contribution in [2.24, 2.45) is 0 Å². The lowest BCUT2D eigenvalue weighted by molar-refractivity contribution is -0.116. The zero-order chi connectivity index (χ0) is 22.0. The highest BCUT2D eigenvalue weighted by Crippen LogP contribution is 2.23. The highest BCUT2D eigenvalue weighted by Gasteiger charge is 2.18. The number of fused-ring (bicyclic) bond motifs is 1. The first kappa shape index (κ1) is 20.4. The number of methoxy groups -OCH3 is 2. The Labute approximate surface area is 180 Å². The Morgan fingerprint density at radius 2 is 1.84 bits per heavy atom. The number of nitrogens with zero attached hydrogens (tertiary/aromatic N) is 2. The van der Waals surface area contributed by atoms with E-state index in [2.05, 4.69) is 5.32 Å². The maximum Gasteiger partial charge on any atom is 0.336 e. The van der Waals surface area contributed by atoms with Gasteiger partial charge >= 0.3 is 5.69 Å². The Balaban J connectivity index is 1.79. The van der Waals surface area contributed by atoms with Crippen molar-refractivity contribution in [3.63, 3.8) is 0 Å². The molecule has 0 saturated heterocycles. The molecule has 0 saturated carbocycles. The number of amides is 1. The monoisotopic (exact) mass is 437 g/mol. The molecule has 4 aromatic rings. The molecule has 2 aromatic heterocycles. The van der Waals surface area contributed by atoms with E-state index in [1.165, 1.54) is 30.1 Å². The molecule has 0 aliphatic carbocycles. The zero-order valence-corrected chi connectivity index (χ0v) is 17.6. The van der Waals surface area contributed by atoms with E-state index in [1.54, 1.807) is 60.0 Å². The van der Waals surface area contributed by atoms with Gasteiger partial charge in [-0.05, 0) is 35.7 Å². The maximum atomic E-state index is 13.3. The number of anilines is 1. The molecule has 8 nitrogen and oxygen atoms in total. The van der Waals surface area contributed by atoms with Gasteiger partial charge in [-0.15, -0.1) is 11.3 Å². The van der Waals surface area contributed by atoms with E-state index in [0.29, 0.717) is 33.1 Å². The van der Waals surface area contributed by atoms with Gasteiger partial charge < -0.3 is 14.8 Å². The van der Waals surface area contributed by atoms with Crippen molar-refractivity contribution >= 4 is 33.1 Å². The number of aromatic nitrogens is 2. The van der Waals surface area contributed by atoms with E-state index >= 15 is 0 Å². The van der Waals surface area contributed by atoms with Crippen molar-refractivity contribution in [1.29, 1.82) is 0 Å². The van der Waals surface area contributed by atoms with Gasteiger partial charge in [-0.1, -0.05) is 18.2 Å². The number of rotatable bonds is 6. The normalized spacial score (nSPS) is 10.8.